The summed E-state index contributed by atoms with van der Waals surface area (Å²) in [4.78, 5) is 27.0. The van der Waals surface area contributed by atoms with E-state index in [0.717, 1.165) is 4.90 Å². The van der Waals surface area contributed by atoms with Crippen LogP contribution in [0.5, 0.6) is 0 Å². The second-order valence-corrected chi connectivity index (χ2v) is 6.62. The van der Waals surface area contributed by atoms with Gasteiger partial charge in [-0.15, -0.1) is 0 Å². The number of imide groups is 1. The highest BCUT2D eigenvalue weighted by atomic mass is 35.5. The summed E-state index contributed by atoms with van der Waals surface area (Å²) in [6, 6.07) is 13.1. The zero-order chi connectivity index (χ0) is 17.0. The molecule has 0 N–H and O–H groups in total. The van der Waals surface area contributed by atoms with Crippen molar-refractivity contribution in [3.63, 3.8) is 0 Å². The minimum atomic E-state index is -0.454. The molecule has 0 fully saturated rings. The number of hydrogen-bond acceptors (Lipinski definition) is 2. The molecule has 0 saturated carbocycles. The van der Waals surface area contributed by atoms with Crippen LogP contribution in [0.1, 0.15) is 20.7 Å². The second-order valence-electron chi connectivity index (χ2n) is 5.36. The van der Waals surface area contributed by atoms with Gasteiger partial charge >= 0.3 is 0 Å². The van der Waals surface area contributed by atoms with Gasteiger partial charge in [0, 0.05) is 31.9 Å². The number of hydrogen-bond donors (Lipinski definition) is 0. The molecule has 3 aromatic rings. The lowest BCUT2D eigenvalue weighted by atomic mass is 9.93. The molecule has 4 rings (SSSR count). The van der Waals surface area contributed by atoms with E-state index in [1.54, 1.807) is 42.5 Å². The monoisotopic (exact) mass is 375 g/mol. The van der Waals surface area contributed by atoms with Crippen LogP contribution in [-0.4, -0.2) is 11.8 Å². The first-order chi connectivity index (χ1) is 11.5. The Morgan fingerprint density at radius 1 is 0.750 bits per heavy atom. The zero-order valence-electron chi connectivity index (χ0n) is 12.0. The zero-order valence-corrected chi connectivity index (χ0v) is 14.3. The first-order valence-corrected chi connectivity index (χ1v) is 8.17. The molecule has 1 aliphatic heterocycles. The Bertz CT molecular complexity index is 1020. The summed E-state index contributed by atoms with van der Waals surface area (Å²) in [5.74, 6) is -0.908. The van der Waals surface area contributed by atoms with Crippen molar-refractivity contribution in [3.05, 3.63) is 74.7 Å². The maximum atomic E-state index is 12.9. The van der Waals surface area contributed by atoms with Gasteiger partial charge in [-0.1, -0.05) is 46.9 Å². The van der Waals surface area contributed by atoms with Crippen LogP contribution in [0.3, 0.4) is 0 Å². The van der Waals surface area contributed by atoms with Gasteiger partial charge in [0.25, 0.3) is 11.8 Å². The van der Waals surface area contributed by atoms with Gasteiger partial charge < -0.3 is 0 Å². The summed E-state index contributed by atoms with van der Waals surface area (Å²) >= 11 is 18.4. The van der Waals surface area contributed by atoms with E-state index >= 15 is 0 Å². The summed E-state index contributed by atoms with van der Waals surface area (Å²) in [5, 5.41) is 2.38. The first kappa shape index (κ1) is 15.5. The van der Waals surface area contributed by atoms with Crippen LogP contribution in [-0.2, 0) is 0 Å². The van der Waals surface area contributed by atoms with Crippen molar-refractivity contribution in [2.45, 2.75) is 0 Å². The largest absolute Gasteiger partial charge is 0.268 e. The minimum absolute atomic E-state index is 0.261. The molecule has 6 heteroatoms. The van der Waals surface area contributed by atoms with Crippen molar-refractivity contribution in [1.82, 2.24) is 0 Å². The quantitative estimate of drug-likeness (QED) is 0.518. The normalized spacial score (nSPS) is 13.7. The molecule has 118 valence electrons. The van der Waals surface area contributed by atoms with Crippen molar-refractivity contribution in [2.24, 2.45) is 0 Å². The molecule has 3 aromatic carbocycles. The smallest absolute Gasteiger partial charge is 0.266 e. The SMILES string of the molecule is O=C1c2cccc3c(Cl)ccc(c23)C(=O)N1c1cc(Cl)ccc1Cl. The third kappa shape index (κ3) is 2.13. The highest BCUT2D eigenvalue weighted by Crippen LogP contribution is 2.38. The highest BCUT2D eigenvalue weighted by Gasteiger charge is 2.35. The lowest BCUT2D eigenvalue weighted by Crippen LogP contribution is -2.40. The van der Waals surface area contributed by atoms with E-state index in [1.807, 2.05) is 0 Å². The van der Waals surface area contributed by atoms with E-state index in [1.165, 1.54) is 6.07 Å². The molecular formula is C18H8Cl3NO2. The summed E-state index contributed by atoms with van der Waals surface area (Å²) in [6.07, 6.45) is 0. The van der Waals surface area contributed by atoms with Gasteiger partial charge in [0.2, 0.25) is 0 Å². The van der Waals surface area contributed by atoms with Crippen molar-refractivity contribution in [3.8, 4) is 0 Å². The third-order valence-corrected chi connectivity index (χ3v) is 4.89. The van der Waals surface area contributed by atoms with E-state index < -0.39 is 11.8 Å². The maximum Gasteiger partial charge on any atom is 0.266 e. The number of carbonyl (C=O) groups is 2. The summed E-state index contributed by atoms with van der Waals surface area (Å²) in [7, 11) is 0. The van der Waals surface area contributed by atoms with Gasteiger partial charge in [-0.25, -0.2) is 4.90 Å². The third-order valence-electron chi connectivity index (χ3n) is 4.00. The van der Waals surface area contributed by atoms with Gasteiger partial charge in [0.1, 0.15) is 0 Å². The van der Waals surface area contributed by atoms with Gasteiger partial charge in [0.15, 0.2) is 0 Å². The topological polar surface area (TPSA) is 37.4 Å². The second kappa shape index (κ2) is 5.49. The van der Waals surface area contributed by atoms with Gasteiger partial charge in [0.05, 0.1) is 10.7 Å². The number of anilines is 1. The molecule has 0 spiro atoms. The summed E-state index contributed by atoms with van der Waals surface area (Å²) in [5.41, 5.74) is 1.07. The molecule has 24 heavy (non-hydrogen) atoms. The molecule has 0 aliphatic carbocycles. The van der Waals surface area contributed by atoms with E-state index in [4.69, 9.17) is 34.8 Å². The first-order valence-electron chi connectivity index (χ1n) is 7.04. The molecule has 0 bridgehead atoms. The molecule has 0 atom stereocenters. The predicted molar refractivity (Wildman–Crippen MR) is 96.6 cm³/mol. The standard InChI is InChI=1S/C18H8Cl3NO2/c19-9-4-6-14(21)15(8-9)22-17(23)11-3-1-2-10-13(20)7-5-12(16(10)11)18(22)24/h1-8H. The van der Waals surface area contributed by atoms with Gasteiger partial charge in [-0.2, -0.15) is 0 Å². The van der Waals surface area contributed by atoms with Crippen LogP contribution in [0.4, 0.5) is 5.69 Å². The fourth-order valence-corrected chi connectivity index (χ4v) is 3.53. The number of rotatable bonds is 1. The van der Waals surface area contributed by atoms with Crippen LogP contribution >= 0.6 is 34.8 Å². The minimum Gasteiger partial charge on any atom is -0.268 e. The Hall–Kier alpha value is -2.07. The summed E-state index contributed by atoms with van der Waals surface area (Å²) in [6.45, 7) is 0. The van der Waals surface area contributed by atoms with Gasteiger partial charge in [-0.3, -0.25) is 9.59 Å². The van der Waals surface area contributed by atoms with Crippen molar-refractivity contribution < 1.29 is 9.59 Å². The van der Waals surface area contributed by atoms with Crippen LogP contribution in [0.15, 0.2) is 48.5 Å². The Balaban J connectivity index is 2.02. The Kier molecular flexibility index (Phi) is 3.53. The maximum absolute atomic E-state index is 12.9. The highest BCUT2D eigenvalue weighted by molar-refractivity contribution is 6.43. The van der Waals surface area contributed by atoms with E-state index in [0.29, 0.717) is 31.9 Å². The average molecular weight is 377 g/mol. The molecule has 0 aromatic heterocycles. The Morgan fingerprint density at radius 2 is 1.42 bits per heavy atom. The number of halogens is 3. The summed E-state index contributed by atoms with van der Waals surface area (Å²) < 4.78 is 0. The molecule has 0 saturated heterocycles. The molecule has 1 heterocycles. The van der Waals surface area contributed by atoms with E-state index in [9.17, 15) is 9.59 Å². The number of nitrogens with zero attached hydrogens (tertiary/aromatic N) is 1. The van der Waals surface area contributed by atoms with Gasteiger partial charge in [-0.05, 0) is 36.4 Å². The Labute approximate surface area is 152 Å². The number of carbonyl (C=O) groups excluding carboxylic acids is 2. The van der Waals surface area contributed by atoms with Crippen LogP contribution in [0, 0.1) is 0 Å². The molecule has 3 nitrogen and oxygen atoms in total. The molecule has 2 amide bonds. The van der Waals surface area contributed by atoms with Crippen molar-refractivity contribution in [1.29, 1.82) is 0 Å². The van der Waals surface area contributed by atoms with E-state index in [-0.39, 0.29) is 10.7 Å². The predicted octanol–water partition coefficient (Wildman–Crippen LogP) is 5.60. The molecule has 1 aliphatic rings. The Morgan fingerprint density at radius 3 is 2.17 bits per heavy atom. The van der Waals surface area contributed by atoms with Crippen LogP contribution in [0.2, 0.25) is 15.1 Å². The fourth-order valence-electron chi connectivity index (χ4n) is 2.94. The van der Waals surface area contributed by atoms with Crippen LogP contribution < -0.4 is 4.90 Å². The molecular weight excluding hydrogens is 369 g/mol. The number of benzene rings is 3. The lowest BCUT2D eigenvalue weighted by Gasteiger charge is -2.28. The average Bonchev–Trinajstić information content (AvgIpc) is 2.57. The van der Waals surface area contributed by atoms with Crippen molar-refractivity contribution in [2.75, 3.05) is 4.90 Å². The lowest BCUT2D eigenvalue weighted by molar-refractivity contribution is 0.0893. The van der Waals surface area contributed by atoms with Crippen LogP contribution in [0.25, 0.3) is 10.8 Å². The molecule has 0 radical (unpaired) electrons. The fraction of sp³-hybridized carbons (Fsp3) is 0. The number of amides is 2. The van der Waals surface area contributed by atoms with Crippen molar-refractivity contribution >= 4 is 63.1 Å². The van der Waals surface area contributed by atoms with E-state index in [2.05, 4.69) is 0 Å². The molecule has 0 unspecified atom stereocenters.